The van der Waals surface area contributed by atoms with Gasteiger partial charge in [-0.1, -0.05) is 55.1 Å². The van der Waals surface area contributed by atoms with E-state index in [2.05, 4.69) is 12.3 Å². The molecule has 0 saturated carbocycles. The van der Waals surface area contributed by atoms with Crippen molar-refractivity contribution in [2.75, 3.05) is 0 Å². The molecule has 0 spiro atoms. The molecule has 2 nitrogen and oxygen atoms in total. The molecule has 0 saturated heterocycles. The average molecular weight is 263 g/mol. The number of carbonyl (C=O) groups excluding carboxylic acids is 1. The Labute approximate surface area is 119 Å². The number of nitrogens with zero attached hydrogens (tertiary/aromatic N) is 1. The summed E-state index contributed by atoms with van der Waals surface area (Å²) in [6.07, 6.45) is 1.60. The van der Waals surface area contributed by atoms with Gasteiger partial charge in [-0.3, -0.25) is 4.79 Å². The van der Waals surface area contributed by atoms with Crippen LogP contribution in [-0.2, 0) is 0 Å². The van der Waals surface area contributed by atoms with Gasteiger partial charge in [0.25, 0.3) is 5.91 Å². The topological polar surface area (TPSA) is 20.3 Å². The lowest BCUT2D eigenvalue weighted by Crippen LogP contribution is -2.28. The fourth-order valence-electron chi connectivity index (χ4n) is 2.07. The molecule has 1 atom stereocenters. The Bertz CT molecular complexity index is 612. The zero-order valence-corrected chi connectivity index (χ0v) is 11.5. The van der Waals surface area contributed by atoms with E-state index >= 15 is 0 Å². The molecule has 0 fully saturated rings. The van der Waals surface area contributed by atoms with Crippen LogP contribution in [0, 0.1) is 0 Å². The van der Waals surface area contributed by atoms with E-state index in [1.165, 1.54) is 0 Å². The van der Waals surface area contributed by atoms with Crippen LogP contribution in [0.4, 0.5) is 0 Å². The van der Waals surface area contributed by atoms with Gasteiger partial charge in [0.15, 0.2) is 0 Å². The highest BCUT2D eigenvalue weighted by molar-refractivity contribution is 5.95. The van der Waals surface area contributed by atoms with Crippen LogP contribution < -0.4 is 0 Å². The van der Waals surface area contributed by atoms with Gasteiger partial charge in [0.2, 0.25) is 0 Å². The molecule has 2 heteroatoms. The van der Waals surface area contributed by atoms with Crippen molar-refractivity contribution in [2.45, 2.75) is 13.0 Å². The number of amides is 1. The molecule has 1 amide bonds. The Kier molecular flexibility index (Phi) is 4.54. The smallest absolute Gasteiger partial charge is 0.258 e. The lowest BCUT2D eigenvalue weighted by atomic mass is 10.1. The average Bonchev–Trinajstić information content (AvgIpc) is 2.53. The highest BCUT2D eigenvalue weighted by Crippen LogP contribution is 2.22. The van der Waals surface area contributed by atoms with E-state index in [0.717, 1.165) is 5.56 Å². The molecule has 20 heavy (non-hydrogen) atoms. The molecule has 2 rings (SSSR count). The number of hydrogen-bond donors (Lipinski definition) is 0. The summed E-state index contributed by atoms with van der Waals surface area (Å²) in [7, 11) is 0. The standard InChI is InChI=1S/C18H17NO/c1-3-14-19(15(2)16-10-6-4-7-11-16)18(20)17-12-8-5-9-13-17/h4-15H,1H2,2H3/t15-/m0/s1. The van der Waals surface area contributed by atoms with Crippen molar-refractivity contribution in [3.8, 4) is 0 Å². The van der Waals surface area contributed by atoms with Crippen LogP contribution in [0.2, 0.25) is 0 Å². The van der Waals surface area contributed by atoms with E-state index in [4.69, 9.17) is 0 Å². The van der Waals surface area contributed by atoms with Crippen molar-refractivity contribution >= 4 is 5.91 Å². The van der Waals surface area contributed by atoms with E-state index in [1.54, 1.807) is 11.1 Å². The third-order valence-electron chi connectivity index (χ3n) is 3.18. The predicted octanol–water partition coefficient (Wildman–Crippen LogP) is 4.19. The first-order chi connectivity index (χ1) is 9.74. The molecule has 0 unspecified atom stereocenters. The quantitative estimate of drug-likeness (QED) is 0.757. The third kappa shape index (κ3) is 3.05. The first-order valence-electron chi connectivity index (χ1n) is 6.52. The molecule has 0 aliphatic heterocycles. The summed E-state index contributed by atoms with van der Waals surface area (Å²) in [4.78, 5) is 14.2. The van der Waals surface area contributed by atoms with Gasteiger partial charge in [0.1, 0.15) is 0 Å². The predicted molar refractivity (Wildman–Crippen MR) is 81.2 cm³/mol. The van der Waals surface area contributed by atoms with Crippen LogP contribution >= 0.6 is 0 Å². The molecule has 0 aliphatic rings. The van der Waals surface area contributed by atoms with E-state index < -0.39 is 0 Å². The summed E-state index contributed by atoms with van der Waals surface area (Å²) in [6.45, 7) is 5.57. The molecule has 100 valence electrons. The normalized spacial score (nSPS) is 11.2. The summed E-state index contributed by atoms with van der Waals surface area (Å²) in [5.74, 6) is -0.0573. The minimum absolute atomic E-state index is 0.0573. The number of carbonyl (C=O) groups is 1. The maximum absolute atomic E-state index is 12.6. The van der Waals surface area contributed by atoms with E-state index in [-0.39, 0.29) is 11.9 Å². The van der Waals surface area contributed by atoms with Crippen LogP contribution in [0.25, 0.3) is 0 Å². The Balaban J connectivity index is 2.32. The van der Waals surface area contributed by atoms with Crippen molar-refractivity contribution in [1.82, 2.24) is 4.90 Å². The fraction of sp³-hybridized carbons (Fsp3) is 0.111. The van der Waals surface area contributed by atoms with Crippen molar-refractivity contribution in [1.29, 1.82) is 0 Å². The first kappa shape index (κ1) is 13.9. The molecule has 0 bridgehead atoms. The zero-order valence-electron chi connectivity index (χ0n) is 11.5. The number of rotatable bonds is 4. The molecule has 0 heterocycles. The second-order valence-corrected chi connectivity index (χ2v) is 4.50. The summed E-state index contributed by atoms with van der Waals surface area (Å²) >= 11 is 0. The maximum Gasteiger partial charge on any atom is 0.258 e. The van der Waals surface area contributed by atoms with Crippen molar-refractivity contribution in [3.63, 3.8) is 0 Å². The molecular weight excluding hydrogens is 246 g/mol. The molecule has 0 aromatic heterocycles. The van der Waals surface area contributed by atoms with Crippen LogP contribution in [0.3, 0.4) is 0 Å². The summed E-state index contributed by atoms with van der Waals surface area (Å²) in [5.41, 5.74) is 4.43. The lowest BCUT2D eigenvalue weighted by molar-refractivity contribution is 0.0778. The Morgan fingerprint density at radius 2 is 1.65 bits per heavy atom. The van der Waals surface area contributed by atoms with Gasteiger partial charge in [0.05, 0.1) is 6.04 Å². The van der Waals surface area contributed by atoms with Gasteiger partial charge in [0, 0.05) is 11.8 Å². The van der Waals surface area contributed by atoms with E-state index in [1.807, 2.05) is 67.6 Å². The van der Waals surface area contributed by atoms with E-state index in [0.29, 0.717) is 5.56 Å². The highest BCUT2D eigenvalue weighted by atomic mass is 16.2. The highest BCUT2D eigenvalue weighted by Gasteiger charge is 2.20. The maximum atomic E-state index is 12.6. The summed E-state index contributed by atoms with van der Waals surface area (Å²) in [6, 6.07) is 19.1. The van der Waals surface area contributed by atoms with Crippen LogP contribution in [0.15, 0.2) is 79.2 Å². The van der Waals surface area contributed by atoms with Crippen molar-refractivity contribution < 1.29 is 4.79 Å². The first-order valence-corrected chi connectivity index (χ1v) is 6.52. The molecule has 2 aromatic rings. The van der Waals surface area contributed by atoms with Gasteiger partial charge in [-0.2, -0.15) is 0 Å². The Morgan fingerprint density at radius 3 is 2.20 bits per heavy atom. The lowest BCUT2D eigenvalue weighted by Gasteiger charge is -2.25. The number of benzene rings is 2. The van der Waals surface area contributed by atoms with Gasteiger partial charge in [-0.15, -0.1) is 5.73 Å². The summed E-state index contributed by atoms with van der Waals surface area (Å²) < 4.78 is 0. The summed E-state index contributed by atoms with van der Waals surface area (Å²) in [5, 5.41) is 0. The van der Waals surface area contributed by atoms with Gasteiger partial charge < -0.3 is 4.90 Å². The van der Waals surface area contributed by atoms with Crippen LogP contribution in [0.1, 0.15) is 28.9 Å². The minimum Gasteiger partial charge on any atom is -0.301 e. The van der Waals surface area contributed by atoms with Gasteiger partial charge in [-0.05, 0) is 24.6 Å². The molecule has 2 aromatic carbocycles. The SMILES string of the molecule is C=C=CN(C(=O)c1ccccc1)[C@@H](C)c1ccccc1. The van der Waals surface area contributed by atoms with E-state index in [9.17, 15) is 4.79 Å². The molecule has 0 aliphatic carbocycles. The second-order valence-electron chi connectivity index (χ2n) is 4.50. The largest absolute Gasteiger partial charge is 0.301 e. The van der Waals surface area contributed by atoms with Gasteiger partial charge in [-0.25, -0.2) is 0 Å². The third-order valence-corrected chi connectivity index (χ3v) is 3.18. The molecule has 0 radical (unpaired) electrons. The van der Waals surface area contributed by atoms with Crippen molar-refractivity contribution in [2.24, 2.45) is 0 Å². The zero-order chi connectivity index (χ0) is 14.4. The minimum atomic E-state index is -0.0712. The molecular formula is C18H17NO. The fourth-order valence-corrected chi connectivity index (χ4v) is 2.07. The Morgan fingerprint density at radius 1 is 1.10 bits per heavy atom. The van der Waals surface area contributed by atoms with Gasteiger partial charge >= 0.3 is 0 Å². The monoisotopic (exact) mass is 263 g/mol. The van der Waals surface area contributed by atoms with Crippen LogP contribution in [-0.4, -0.2) is 10.8 Å². The Hall–Kier alpha value is -2.57. The second kappa shape index (κ2) is 6.55. The van der Waals surface area contributed by atoms with Crippen molar-refractivity contribution in [3.05, 3.63) is 90.3 Å². The van der Waals surface area contributed by atoms with Crippen LogP contribution in [0.5, 0.6) is 0 Å². The molecule has 0 N–H and O–H groups in total. The number of hydrogen-bond acceptors (Lipinski definition) is 1.